The van der Waals surface area contributed by atoms with Crippen molar-refractivity contribution in [2.45, 2.75) is 4.52 Å². The molecule has 1 nitrogen and oxygen atoms in total. The number of alkyl halides is 2. The summed E-state index contributed by atoms with van der Waals surface area (Å²) in [4.78, 5) is 0. The molecule has 0 unspecified atom stereocenters. The van der Waals surface area contributed by atoms with Gasteiger partial charge in [0.25, 0.3) is 0 Å². The average Bonchev–Trinajstić information content (AvgIpc) is 1.92. The smallest absolute Gasteiger partial charge is 0.243 e. The fraction of sp³-hybridized carbons (Fsp3) is 0.143. The van der Waals surface area contributed by atoms with Crippen molar-refractivity contribution < 1.29 is 5.11 Å². The Hall–Kier alpha value is 0.340. The summed E-state index contributed by atoms with van der Waals surface area (Å²) < 4.78 is -2.00. The third kappa shape index (κ3) is 2.18. The Balaban J connectivity index is 3.26. The van der Waals surface area contributed by atoms with E-state index >= 15 is 0 Å². The number of halogens is 4. The minimum absolute atomic E-state index is 0.159. The van der Waals surface area contributed by atoms with Crippen molar-refractivity contribution >= 4 is 46.4 Å². The van der Waals surface area contributed by atoms with Gasteiger partial charge in [0, 0.05) is 5.56 Å². The lowest BCUT2D eigenvalue weighted by molar-refractivity contribution is 0.218. The highest BCUT2D eigenvalue weighted by atomic mass is 35.5. The number of benzene rings is 1. The third-order valence-corrected chi connectivity index (χ3v) is 2.50. The van der Waals surface area contributed by atoms with Crippen LogP contribution in [0.15, 0.2) is 18.2 Å². The largest absolute Gasteiger partial charge is 0.359 e. The van der Waals surface area contributed by atoms with Gasteiger partial charge in [0.15, 0.2) is 0 Å². The van der Waals surface area contributed by atoms with Crippen LogP contribution in [0.1, 0.15) is 5.56 Å². The van der Waals surface area contributed by atoms with Crippen LogP contribution in [0, 0.1) is 0 Å². The third-order valence-electron chi connectivity index (χ3n) is 1.28. The van der Waals surface area contributed by atoms with Crippen LogP contribution in [0.4, 0.5) is 0 Å². The molecule has 0 saturated heterocycles. The molecule has 1 N–H and O–H groups in total. The van der Waals surface area contributed by atoms with Gasteiger partial charge in [0.2, 0.25) is 4.52 Å². The van der Waals surface area contributed by atoms with E-state index in [1.54, 1.807) is 12.1 Å². The van der Waals surface area contributed by atoms with Gasteiger partial charge in [0.05, 0.1) is 10.0 Å². The summed E-state index contributed by atoms with van der Waals surface area (Å²) in [6.07, 6.45) is 0. The molecule has 0 saturated carbocycles. The zero-order valence-electron chi connectivity index (χ0n) is 5.69. The Morgan fingerprint density at radius 1 is 1.17 bits per heavy atom. The summed E-state index contributed by atoms with van der Waals surface area (Å²) in [6, 6.07) is 4.67. The van der Waals surface area contributed by atoms with Gasteiger partial charge in [-0.2, -0.15) is 0 Å². The molecule has 0 amide bonds. The van der Waals surface area contributed by atoms with E-state index in [4.69, 9.17) is 46.4 Å². The van der Waals surface area contributed by atoms with Gasteiger partial charge in [-0.05, 0) is 6.07 Å². The first-order valence-corrected chi connectivity index (χ1v) is 4.49. The minimum atomic E-state index is -2.00. The van der Waals surface area contributed by atoms with E-state index in [1.807, 2.05) is 0 Å². The van der Waals surface area contributed by atoms with Gasteiger partial charge in [-0.25, -0.2) is 0 Å². The molecular formula is C7H4Cl4O. The maximum absolute atomic E-state index is 9.18. The van der Waals surface area contributed by atoms with Crippen LogP contribution in [0.2, 0.25) is 10.0 Å². The molecule has 0 aliphatic rings. The highest BCUT2D eigenvalue weighted by molar-refractivity contribution is 6.49. The molecule has 1 rings (SSSR count). The minimum Gasteiger partial charge on any atom is -0.359 e. The molecular weight excluding hydrogens is 242 g/mol. The monoisotopic (exact) mass is 244 g/mol. The van der Waals surface area contributed by atoms with Crippen molar-refractivity contribution in [2.75, 3.05) is 0 Å². The zero-order valence-corrected chi connectivity index (χ0v) is 8.71. The number of hydrogen-bond acceptors (Lipinski definition) is 1. The molecule has 0 radical (unpaired) electrons. The lowest BCUT2D eigenvalue weighted by atomic mass is 10.2. The highest BCUT2D eigenvalue weighted by Gasteiger charge is 2.25. The maximum Gasteiger partial charge on any atom is 0.243 e. The Morgan fingerprint density at radius 2 is 1.75 bits per heavy atom. The lowest BCUT2D eigenvalue weighted by Gasteiger charge is -2.14. The van der Waals surface area contributed by atoms with E-state index in [-0.39, 0.29) is 10.6 Å². The Bertz CT molecular complexity index is 292. The molecule has 0 atom stereocenters. The van der Waals surface area contributed by atoms with Crippen molar-refractivity contribution in [2.24, 2.45) is 0 Å². The van der Waals surface area contributed by atoms with E-state index in [0.717, 1.165) is 0 Å². The summed E-state index contributed by atoms with van der Waals surface area (Å²) in [7, 11) is 0. The predicted molar refractivity (Wildman–Crippen MR) is 52.1 cm³/mol. The topological polar surface area (TPSA) is 20.2 Å². The Morgan fingerprint density at radius 3 is 2.17 bits per heavy atom. The van der Waals surface area contributed by atoms with Gasteiger partial charge in [-0.3, -0.25) is 0 Å². The normalized spacial score (nSPS) is 11.8. The molecule has 66 valence electrons. The quantitative estimate of drug-likeness (QED) is 0.750. The van der Waals surface area contributed by atoms with E-state index in [0.29, 0.717) is 5.02 Å². The van der Waals surface area contributed by atoms with Gasteiger partial charge >= 0.3 is 0 Å². The van der Waals surface area contributed by atoms with Crippen LogP contribution < -0.4 is 0 Å². The maximum atomic E-state index is 9.18. The van der Waals surface area contributed by atoms with Gasteiger partial charge in [-0.1, -0.05) is 58.5 Å². The first kappa shape index (κ1) is 10.4. The first-order chi connectivity index (χ1) is 5.43. The average molecular weight is 246 g/mol. The van der Waals surface area contributed by atoms with E-state index in [2.05, 4.69) is 0 Å². The molecule has 0 aliphatic carbocycles. The SMILES string of the molecule is OC(Cl)(Cl)c1cccc(Cl)c1Cl. The zero-order chi connectivity index (χ0) is 9.35. The van der Waals surface area contributed by atoms with E-state index in [9.17, 15) is 5.11 Å². The van der Waals surface area contributed by atoms with Crippen LogP contribution in [-0.2, 0) is 4.52 Å². The Kier molecular flexibility index (Phi) is 3.13. The molecule has 0 aliphatic heterocycles. The predicted octanol–water partition coefficient (Wildman–Crippen LogP) is 3.57. The molecule has 12 heavy (non-hydrogen) atoms. The molecule has 5 heteroatoms. The van der Waals surface area contributed by atoms with Crippen molar-refractivity contribution in [1.82, 2.24) is 0 Å². The fourth-order valence-electron chi connectivity index (χ4n) is 0.736. The number of hydrogen-bond donors (Lipinski definition) is 1. The van der Waals surface area contributed by atoms with E-state index in [1.165, 1.54) is 6.07 Å². The molecule has 1 aromatic carbocycles. The molecule has 0 fully saturated rings. The second kappa shape index (κ2) is 3.60. The lowest BCUT2D eigenvalue weighted by Crippen LogP contribution is -2.08. The van der Waals surface area contributed by atoms with Crippen molar-refractivity contribution in [3.05, 3.63) is 33.8 Å². The molecule has 0 bridgehead atoms. The van der Waals surface area contributed by atoms with Crippen molar-refractivity contribution in [3.8, 4) is 0 Å². The summed E-state index contributed by atoms with van der Waals surface area (Å²) >= 11 is 22.2. The summed E-state index contributed by atoms with van der Waals surface area (Å²) in [6.45, 7) is 0. The van der Waals surface area contributed by atoms with Crippen LogP contribution in [0.3, 0.4) is 0 Å². The molecule has 1 aromatic rings. The van der Waals surface area contributed by atoms with Crippen molar-refractivity contribution in [1.29, 1.82) is 0 Å². The van der Waals surface area contributed by atoms with Crippen molar-refractivity contribution in [3.63, 3.8) is 0 Å². The number of aliphatic hydroxyl groups is 1. The summed E-state index contributed by atoms with van der Waals surface area (Å²) in [5, 5.41) is 9.64. The van der Waals surface area contributed by atoms with Gasteiger partial charge in [0.1, 0.15) is 0 Å². The second-order valence-electron chi connectivity index (χ2n) is 2.14. The summed E-state index contributed by atoms with van der Waals surface area (Å²) in [5.74, 6) is 0. The highest BCUT2D eigenvalue weighted by Crippen LogP contribution is 2.38. The Labute approximate surface area is 89.8 Å². The fourth-order valence-corrected chi connectivity index (χ4v) is 1.59. The van der Waals surface area contributed by atoms with Crippen LogP contribution in [0.5, 0.6) is 0 Å². The standard InChI is InChI=1S/C7H4Cl4O/c8-5-3-1-2-4(6(5)9)7(10,11)12/h1-3,12H. The van der Waals surface area contributed by atoms with Gasteiger partial charge in [-0.15, -0.1) is 0 Å². The first-order valence-electron chi connectivity index (χ1n) is 2.97. The molecule has 0 spiro atoms. The van der Waals surface area contributed by atoms with Crippen LogP contribution in [-0.4, -0.2) is 5.11 Å². The second-order valence-corrected chi connectivity index (χ2v) is 4.22. The van der Waals surface area contributed by atoms with Crippen LogP contribution >= 0.6 is 46.4 Å². The molecule has 0 aromatic heterocycles. The number of rotatable bonds is 1. The van der Waals surface area contributed by atoms with E-state index < -0.39 is 4.52 Å². The van der Waals surface area contributed by atoms with Gasteiger partial charge < -0.3 is 5.11 Å². The van der Waals surface area contributed by atoms with Crippen LogP contribution in [0.25, 0.3) is 0 Å². The molecule has 0 heterocycles. The summed E-state index contributed by atoms with van der Waals surface area (Å²) in [5.41, 5.74) is 0.181.